The molecule has 0 aliphatic carbocycles. The quantitative estimate of drug-likeness (QED) is 0.0742. The number of esters is 3. The number of ether oxygens (including phenoxy) is 5. The zero-order valence-corrected chi connectivity index (χ0v) is 27.3. The van der Waals surface area contributed by atoms with E-state index in [1.165, 1.54) is 49.4 Å². The molecule has 12 nitrogen and oxygen atoms in total. The van der Waals surface area contributed by atoms with Crippen molar-refractivity contribution in [3.8, 4) is 5.75 Å². The Hall–Kier alpha value is -5.24. The molecule has 49 heavy (non-hydrogen) atoms. The molecule has 0 saturated carbocycles. The van der Waals surface area contributed by atoms with Gasteiger partial charge in [0.25, 0.3) is 5.69 Å². The molecule has 1 heterocycles. The summed E-state index contributed by atoms with van der Waals surface area (Å²) >= 11 is 7.20. The maximum absolute atomic E-state index is 13.6. The first kappa shape index (κ1) is 35.1. The van der Waals surface area contributed by atoms with E-state index >= 15 is 0 Å². The largest absolute Gasteiger partial charge is 0.459 e. The van der Waals surface area contributed by atoms with Crippen LogP contribution in [0.4, 0.5) is 5.69 Å². The molecule has 2 unspecified atom stereocenters. The summed E-state index contributed by atoms with van der Waals surface area (Å²) < 4.78 is 30.2. The molecule has 0 spiro atoms. The average Bonchev–Trinajstić information content (AvgIpc) is 3.11. The third kappa shape index (κ3) is 9.02. The fourth-order valence-electron chi connectivity index (χ4n) is 4.83. The monoisotopic (exact) mass is 705 g/mol. The number of benzene rings is 4. The van der Waals surface area contributed by atoms with E-state index in [1.54, 1.807) is 54.6 Å². The second kappa shape index (κ2) is 16.2. The number of nitro groups is 1. The van der Waals surface area contributed by atoms with Crippen LogP contribution in [-0.2, 0) is 23.7 Å². The van der Waals surface area contributed by atoms with Crippen molar-refractivity contribution < 1.29 is 47.8 Å². The number of carbonyl (C=O) groups is 4. The molecule has 4 aromatic rings. The van der Waals surface area contributed by atoms with Gasteiger partial charge in [0.1, 0.15) is 11.9 Å². The Morgan fingerprint density at radius 3 is 1.65 bits per heavy atom. The summed E-state index contributed by atoms with van der Waals surface area (Å²) in [5.74, 6) is -2.71. The molecule has 0 amide bonds. The van der Waals surface area contributed by atoms with Crippen LogP contribution >= 0.6 is 23.4 Å². The van der Waals surface area contributed by atoms with Crippen LogP contribution < -0.4 is 4.74 Å². The van der Waals surface area contributed by atoms with E-state index in [1.807, 2.05) is 0 Å². The molecule has 0 N–H and O–H groups in total. The molecule has 5 atom stereocenters. The Balaban J connectivity index is 1.60. The van der Waals surface area contributed by atoms with Gasteiger partial charge in [-0.05, 0) is 42.5 Å². The third-order valence-electron chi connectivity index (χ3n) is 7.17. The van der Waals surface area contributed by atoms with E-state index in [2.05, 4.69) is 0 Å². The number of non-ortho nitro benzene ring substituents is 1. The lowest BCUT2D eigenvalue weighted by molar-refractivity contribution is -0.384. The normalized spacial score (nSPS) is 20.0. The summed E-state index contributed by atoms with van der Waals surface area (Å²) in [5.41, 5.74) is 0.130. The Morgan fingerprint density at radius 1 is 0.735 bits per heavy atom. The molecule has 0 bridgehead atoms. The van der Waals surface area contributed by atoms with Gasteiger partial charge in [-0.3, -0.25) is 14.9 Å². The van der Waals surface area contributed by atoms with E-state index in [0.29, 0.717) is 0 Å². The summed E-state index contributed by atoms with van der Waals surface area (Å²) in [6.07, 6.45) is -7.39. The van der Waals surface area contributed by atoms with Crippen LogP contribution in [0.5, 0.6) is 5.75 Å². The Morgan fingerprint density at radius 2 is 1.20 bits per heavy atom. The molecule has 0 aromatic heterocycles. The van der Waals surface area contributed by atoms with Gasteiger partial charge in [0, 0.05) is 24.8 Å². The molecule has 14 heteroatoms. The predicted molar refractivity (Wildman–Crippen MR) is 177 cm³/mol. The highest BCUT2D eigenvalue weighted by Crippen LogP contribution is 2.36. The zero-order chi connectivity index (χ0) is 34.9. The van der Waals surface area contributed by atoms with Crippen molar-refractivity contribution in [3.05, 3.63) is 141 Å². The van der Waals surface area contributed by atoms with Crippen molar-refractivity contribution in [3.63, 3.8) is 0 Å². The van der Waals surface area contributed by atoms with Crippen molar-refractivity contribution >= 4 is 52.1 Å². The number of rotatable bonds is 11. The maximum atomic E-state index is 13.6. The minimum absolute atomic E-state index is 0.0936. The molecule has 1 aliphatic heterocycles. The SMILES string of the molecule is CC(=O)SCC1O[C@@H](Oc2ccc([N+](=O)[O-])cc2Cl)C(OC(=O)c2ccccc2)[C@@H](OC(=O)c2ccccc2)[C@H]1OC(=O)c1ccccc1. The fourth-order valence-corrected chi connectivity index (χ4v) is 5.72. The first-order valence-corrected chi connectivity index (χ1v) is 16.1. The zero-order valence-electron chi connectivity index (χ0n) is 25.7. The van der Waals surface area contributed by atoms with Crippen molar-refractivity contribution in [2.24, 2.45) is 0 Å². The van der Waals surface area contributed by atoms with Crippen LogP contribution in [0.3, 0.4) is 0 Å². The van der Waals surface area contributed by atoms with Crippen molar-refractivity contribution in [2.45, 2.75) is 37.6 Å². The number of hydrogen-bond acceptors (Lipinski definition) is 12. The average molecular weight is 706 g/mol. The van der Waals surface area contributed by atoms with Gasteiger partial charge in [0.2, 0.25) is 12.4 Å². The van der Waals surface area contributed by atoms with Gasteiger partial charge in [0.15, 0.2) is 17.3 Å². The summed E-state index contributed by atoms with van der Waals surface area (Å²) in [5, 5.41) is 10.9. The highest BCUT2D eigenvalue weighted by Gasteiger charge is 2.54. The second-order valence-corrected chi connectivity index (χ2v) is 12.1. The lowest BCUT2D eigenvalue weighted by atomic mass is 9.98. The van der Waals surface area contributed by atoms with Crippen LogP contribution in [0.1, 0.15) is 38.0 Å². The molecular formula is C35H28ClNO11S. The first-order chi connectivity index (χ1) is 23.6. The lowest BCUT2D eigenvalue weighted by Gasteiger charge is -2.44. The number of thioether (sulfide) groups is 1. The number of nitrogens with zero attached hydrogens (tertiary/aromatic N) is 1. The Kier molecular flexibility index (Phi) is 11.6. The molecule has 1 aliphatic rings. The van der Waals surface area contributed by atoms with Crippen molar-refractivity contribution in [2.75, 3.05) is 5.75 Å². The van der Waals surface area contributed by atoms with E-state index in [0.717, 1.165) is 23.9 Å². The molecule has 0 radical (unpaired) electrons. The fraction of sp³-hybridized carbons (Fsp3) is 0.200. The van der Waals surface area contributed by atoms with E-state index in [9.17, 15) is 29.3 Å². The highest BCUT2D eigenvalue weighted by atomic mass is 35.5. The van der Waals surface area contributed by atoms with E-state index in [-0.39, 0.29) is 44.0 Å². The van der Waals surface area contributed by atoms with Gasteiger partial charge >= 0.3 is 17.9 Å². The van der Waals surface area contributed by atoms with Gasteiger partial charge in [-0.2, -0.15) is 0 Å². The third-order valence-corrected chi connectivity index (χ3v) is 8.37. The number of carbonyl (C=O) groups excluding carboxylic acids is 4. The van der Waals surface area contributed by atoms with E-state index in [4.69, 9.17) is 35.3 Å². The molecule has 4 aromatic carbocycles. The van der Waals surface area contributed by atoms with Gasteiger partial charge in [-0.15, -0.1) is 0 Å². The number of nitro benzene ring substituents is 1. The molecule has 252 valence electrons. The smallest absolute Gasteiger partial charge is 0.338 e. The molecule has 1 saturated heterocycles. The van der Waals surface area contributed by atoms with Gasteiger partial charge < -0.3 is 23.7 Å². The van der Waals surface area contributed by atoms with Gasteiger partial charge in [0.05, 0.1) is 26.6 Å². The summed E-state index contributed by atoms with van der Waals surface area (Å²) in [7, 11) is 0. The van der Waals surface area contributed by atoms with Gasteiger partial charge in [-0.1, -0.05) is 78.0 Å². The molecular weight excluding hydrogens is 678 g/mol. The van der Waals surface area contributed by atoms with E-state index < -0.39 is 53.5 Å². The maximum Gasteiger partial charge on any atom is 0.338 e. The predicted octanol–water partition coefficient (Wildman–Crippen LogP) is 6.31. The summed E-state index contributed by atoms with van der Waals surface area (Å²) in [4.78, 5) is 63.3. The first-order valence-electron chi connectivity index (χ1n) is 14.8. The Labute approximate surface area is 289 Å². The van der Waals surface area contributed by atoms with Crippen LogP contribution in [-0.4, -0.2) is 64.4 Å². The lowest BCUT2D eigenvalue weighted by Crippen LogP contribution is -2.63. The summed E-state index contributed by atoms with van der Waals surface area (Å²) in [6.45, 7) is 1.33. The number of halogens is 1. The molecule has 1 fully saturated rings. The van der Waals surface area contributed by atoms with Gasteiger partial charge in [-0.25, -0.2) is 14.4 Å². The van der Waals surface area contributed by atoms with Crippen LogP contribution in [0.25, 0.3) is 0 Å². The minimum Gasteiger partial charge on any atom is -0.459 e. The topological polar surface area (TPSA) is 158 Å². The van der Waals surface area contributed by atoms with Crippen LogP contribution in [0.15, 0.2) is 109 Å². The van der Waals surface area contributed by atoms with Crippen LogP contribution in [0.2, 0.25) is 5.02 Å². The minimum atomic E-state index is -1.61. The van der Waals surface area contributed by atoms with Crippen molar-refractivity contribution in [1.82, 2.24) is 0 Å². The van der Waals surface area contributed by atoms with Crippen molar-refractivity contribution in [1.29, 1.82) is 0 Å². The second-order valence-electron chi connectivity index (χ2n) is 10.5. The number of hydrogen-bond donors (Lipinski definition) is 0. The highest BCUT2D eigenvalue weighted by molar-refractivity contribution is 8.13. The summed E-state index contributed by atoms with van der Waals surface area (Å²) in [6, 6.07) is 27.3. The Bertz CT molecular complexity index is 1810. The van der Waals surface area contributed by atoms with Crippen LogP contribution in [0, 0.1) is 10.1 Å². The molecule has 5 rings (SSSR count). The standard InChI is InChI=1S/C35H28ClNO11S/c1-21(38)49-20-28-29(46-32(39)22-11-5-2-6-12-22)30(47-33(40)23-13-7-3-8-14-23)31(48-34(41)24-15-9-4-10-16-24)35(45-28)44-27-18-17-25(37(42)43)19-26(27)36/h2-19,28-31,35H,20H2,1H3/t28?,29-,30-,31?,35+/m0/s1.